The van der Waals surface area contributed by atoms with Gasteiger partial charge in [-0.2, -0.15) is 0 Å². The van der Waals surface area contributed by atoms with Crippen molar-refractivity contribution in [2.75, 3.05) is 23.4 Å². The number of halogens is 1. The van der Waals surface area contributed by atoms with Gasteiger partial charge in [-0.05, 0) is 54.1 Å². The van der Waals surface area contributed by atoms with Crippen molar-refractivity contribution in [1.29, 1.82) is 0 Å². The lowest BCUT2D eigenvalue weighted by molar-refractivity contribution is 0.102. The first-order valence-electron chi connectivity index (χ1n) is 9.41. The van der Waals surface area contributed by atoms with Crippen molar-refractivity contribution >= 4 is 23.4 Å². The smallest absolute Gasteiger partial charge is 0.414 e. The SMILES string of the molecule is O=C(Nc1cccc(COc2cccc(F)c2)c1)c1ccc(N2CCOC2=O)cc1. The molecule has 2 amide bonds. The molecule has 1 aliphatic heterocycles. The van der Waals surface area contributed by atoms with Gasteiger partial charge in [0.15, 0.2) is 0 Å². The van der Waals surface area contributed by atoms with Gasteiger partial charge in [0.05, 0.1) is 6.54 Å². The number of amides is 2. The summed E-state index contributed by atoms with van der Waals surface area (Å²) >= 11 is 0. The molecule has 0 aliphatic carbocycles. The molecule has 30 heavy (non-hydrogen) atoms. The van der Waals surface area contributed by atoms with Gasteiger partial charge < -0.3 is 14.8 Å². The van der Waals surface area contributed by atoms with Crippen LogP contribution in [-0.2, 0) is 11.3 Å². The Balaban J connectivity index is 1.38. The highest BCUT2D eigenvalue weighted by atomic mass is 19.1. The second-order valence-electron chi connectivity index (χ2n) is 6.71. The van der Waals surface area contributed by atoms with Crippen LogP contribution < -0.4 is 15.0 Å². The molecule has 1 N–H and O–H groups in total. The van der Waals surface area contributed by atoms with Crippen LogP contribution in [0, 0.1) is 5.82 Å². The molecule has 1 heterocycles. The normalized spacial score (nSPS) is 13.1. The minimum atomic E-state index is -0.385. The molecule has 4 rings (SSSR count). The van der Waals surface area contributed by atoms with E-state index in [2.05, 4.69) is 5.32 Å². The summed E-state index contributed by atoms with van der Waals surface area (Å²) in [5, 5.41) is 2.84. The molecule has 3 aromatic carbocycles. The van der Waals surface area contributed by atoms with E-state index in [0.29, 0.717) is 35.8 Å². The average molecular weight is 406 g/mol. The van der Waals surface area contributed by atoms with Crippen molar-refractivity contribution < 1.29 is 23.5 Å². The molecule has 0 saturated carbocycles. The third-order valence-corrected chi connectivity index (χ3v) is 4.59. The Morgan fingerprint density at radius 1 is 1.07 bits per heavy atom. The molecule has 152 valence electrons. The maximum Gasteiger partial charge on any atom is 0.414 e. The van der Waals surface area contributed by atoms with Crippen LogP contribution in [0.25, 0.3) is 0 Å². The molecule has 1 aliphatic rings. The van der Waals surface area contributed by atoms with Crippen LogP contribution >= 0.6 is 0 Å². The van der Waals surface area contributed by atoms with E-state index in [9.17, 15) is 14.0 Å². The number of carbonyl (C=O) groups excluding carboxylic acids is 2. The first kappa shape index (κ1) is 19.4. The van der Waals surface area contributed by atoms with Crippen LogP contribution in [0.1, 0.15) is 15.9 Å². The van der Waals surface area contributed by atoms with Gasteiger partial charge >= 0.3 is 6.09 Å². The molecule has 0 radical (unpaired) electrons. The topological polar surface area (TPSA) is 67.9 Å². The number of cyclic esters (lactones) is 1. The largest absolute Gasteiger partial charge is 0.489 e. The molecule has 0 atom stereocenters. The molecular formula is C23H19FN2O4. The predicted octanol–water partition coefficient (Wildman–Crippen LogP) is 4.61. The number of hydrogen-bond acceptors (Lipinski definition) is 4. The molecular weight excluding hydrogens is 387 g/mol. The highest BCUT2D eigenvalue weighted by Crippen LogP contribution is 2.20. The fourth-order valence-corrected chi connectivity index (χ4v) is 3.09. The molecule has 1 saturated heterocycles. The number of anilines is 2. The Bertz CT molecular complexity index is 1070. The minimum Gasteiger partial charge on any atom is -0.489 e. The number of nitrogens with one attached hydrogen (secondary N) is 1. The van der Waals surface area contributed by atoms with E-state index in [1.165, 1.54) is 17.0 Å². The minimum absolute atomic E-state index is 0.244. The third-order valence-electron chi connectivity index (χ3n) is 4.59. The molecule has 6 nitrogen and oxygen atoms in total. The summed E-state index contributed by atoms with van der Waals surface area (Å²) < 4.78 is 23.8. The maximum atomic E-state index is 13.2. The van der Waals surface area contributed by atoms with Gasteiger partial charge in [0, 0.05) is 23.0 Å². The van der Waals surface area contributed by atoms with Gasteiger partial charge in [-0.15, -0.1) is 0 Å². The van der Waals surface area contributed by atoms with E-state index >= 15 is 0 Å². The van der Waals surface area contributed by atoms with E-state index < -0.39 is 0 Å². The van der Waals surface area contributed by atoms with Crippen molar-refractivity contribution in [3.63, 3.8) is 0 Å². The molecule has 0 aromatic heterocycles. The molecule has 3 aromatic rings. The van der Waals surface area contributed by atoms with Crippen LogP contribution in [0.3, 0.4) is 0 Å². The van der Waals surface area contributed by atoms with Crippen molar-refractivity contribution in [3.05, 3.63) is 89.7 Å². The Labute approximate surface area is 172 Å². The highest BCUT2D eigenvalue weighted by molar-refractivity contribution is 6.04. The maximum absolute atomic E-state index is 13.2. The van der Waals surface area contributed by atoms with Crippen molar-refractivity contribution in [1.82, 2.24) is 0 Å². The first-order valence-corrected chi connectivity index (χ1v) is 9.41. The van der Waals surface area contributed by atoms with E-state index in [0.717, 1.165) is 5.56 Å². The monoisotopic (exact) mass is 406 g/mol. The fraction of sp³-hybridized carbons (Fsp3) is 0.130. The Hall–Kier alpha value is -3.87. The third kappa shape index (κ3) is 4.57. The fourth-order valence-electron chi connectivity index (χ4n) is 3.09. The Morgan fingerprint density at radius 2 is 1.87 bits per heavy atom. The van der Waals surface area contributed by atoms with Gasteiger partial charge in [-0.3, -0.25) is 9.69 Å². The number of rotatable bonds is 6. The predicted molar refractivity (Wildman–Crippen MR) is 110 cm³/mol. The van der Waals surface area contributed by atoms with E-state index in [4.69, 9.17) is 9.47 Å². The van der Waals surface area contributed by atoms with E-state index in [-0.39, 0.29) is 24.4 Å². The zero-order chi connectivity index (χ0) is 20.9. The number of benzene rings is 3. The van der Waals surface area contributed by atoms with Crippen molar-refractivity contribution in [2.24, 2.45) is 0 Å². The lowest BCUT2D eigenvalue weighted by atomic mass is 10.1. The summed E-state index contributed by atoms with van der Waals surface area (Å²) in [5.41, 5.74) is 2.60. The summed E-state index contributed by atoms with van der Waals surface area (Å²) in [6.45, 7) is 1.10. The summed E-state index contributed by atoms with van der Waals surface area (Å²) in [6, 6.07) is 19.9. The summed E-state index contributed by atoms with van der Waals surface area (Å²) in [4.78, 5) is 25.7. The molecule has 0 spiro atoms. The average Bonchev–Trinajstić information content (AvgIpc) is 3.18. The van der Waals surface area contributed by atoms with Gasteiger partial charge in [0.1, 0.15) is 24.8 Å². The lowest BCUT2D eigenvalue weighted by Crippen LogP contribution is -2.23. The quantitative estimate of drug-likeness (QED) is 0.649. The summed E-state index contributed by atoms with van der Waals surface area (Å²) in [6.07, 6.45) is -0.385. The summed E-state index contributed by atoms with van der Waals surface area (Å²) in [7, 11) is 0. The number of nitrogens with zero attached hydrogens (tertiary/aromatic N) is 1. The molecule has 0 bridgehead atoms. The number of carbonyl (C=O) groups is 2. The molecule has 7 heteroatoms. The van der Waals surface area contributed by atoms with Crippen LogP contribution in [0.15, 0.2) is 72.8 Å². The van der Waals surface area contributed by atoms with E-state index in [1.807, 2.05) is 12.1 Å². The number of hydrogen-bond donors (Lipinski definition) is 1. The first-order chi connectivity index (χ1) is 14.6. The van der Waals surface area contributed by atoms with Crippen molar-refractivity contribution in [2.45, 2.75) is 6.61 Å². The van der Waals surface area contributed by atoms with E-state index in [1.54, 1.807) is 48.5 Å². The zero-order valence-corrected chi connectivity index (χ0v) is 16.0. The second-order valence-corrected chi connectivity index (χ2v) is 6.71. The number of ether oxygens (including phenoxy) is 2. The summed E-state index contributed by atoms with van der Waals surface area (Å²) in [5.74, 6) is -0.193. The molecule has 0 unspecified atom stereocenters. The second kappa shape index (κ2) is 8.65. The zero-order valence-electron chi connectivity index (χ0n) is 16.0. The van der Waals surface area contributed by atoms with Gasteiger partial charge in [-0.1, -0.05) is 18.2 Å². The highest BCUT2D eigenvalue weighted by Gasteiger charge is 2.23. The van der Waals surface area contributed by atoms with Crippen molar-refractivity contribution in [3.8, 4) is 5.75 Å². The van der Waals surface area contributed by atoms with Gasteiger partial charge in [-0.25, -0.2) is 9.18 Å². The Morgan fingerprint density at radius 3 is 2.60 bits per heavy atom. The van der Waals surface area contributed by atoms with Gasteiger partial charge in [0.25, 0.3) is 5.91 Å². The van der Waals surface area contributed by atoms with Crippen LogP contribution in [-0.4, -0.2) is 25.2 Å². The van der Waals surface area contributed by atoms with Crippen LogP contribution in [0.4, 0.5) is 20.6 Å². The van der Waals surface area contributed by atoms with Crippen LogP contribution in [0.2, 0.25) is 0 Å². The standard InChI is InChI=1S/C23H19FN2O4/c24-18-4-2-6-21(14-18)30-15-16-3-1-5-19(13-16)25-22(27)17-7-9-20(10-8-17)26-11-12-29-23(26)28/h1-10,13-14H,11-12,15H2,(H,25,27). The van der Waals surface area contributed by atoms with Gasteiger partial charge in [0.2, 0.25) is 0 Å². The Kier molecular flexibility index (Phi) is 5.61. The molecule has 1 fully saturated rings. The lowest BCUT2D eigenvalue weighted by Gasteiger charge is -2.13. The van der Waals surface area contributed by atoms with Crippen LogP contribution in [0.5, 0.6) is 5.75 Å².